The fraction of sp³-hybridized carbons (Fsp3) is 0.333. The minimum absolute atomic E-state index is 0.157. The van der Waals surface area contributed by atoms with Crippen LogP contribution in [-0.4, -0.2) is 10.2 Å². The van der Waals surface area contributed by atoms with Gasteiger partial charge in [0, 0.05) is 11.6 Å². The van der Waals surface area contributed by atoms with Crippen LogP contribution in [0.4, 0.5) is 0 Å². The molecule has 2 aromatic carbocycles. The highest BCUT2D eigenvalue weighted by atomic mass is 16.3. The zero-order valence-electron chi connectivity index (χ0n) is 12.4. The third-order valence-corrected chi connectivity index (χ3v) is 3.84. The first-order chi connectivity index (χ1) is 9.62. The first kappa shape index (κ1) is 14.4. The van der Waals surface area contributed by atoms with Crippen LogP contribution in [0.5, 0.6) is 11.5 Å². The summed E-state index contributed by atoms with van der Waals surface area (Å²) in [4.78, 5) is 0. The summed E-state index contributed by atoms with van der Waals surface area (Å²) in [6, 6.07) is 9.71. The molecule has 0 spiro atoms. The topological polar surface area (TPSA) is 40.5 Å². The van der Waals surface area contributed by atoms with E-state index in [1.54, 1.807) is 0 Å². The zero-order chi connectivity index (χ0) is 14.7. The van der Waals surface area contributed by atoms with Crippen molar-refractivity contribution in [1.29, 1.82) is 0 Å². The van der Waals surface area contributed by atoms with E-state index < -0.39 is 0 Å². The number of hydrogen-bond acceptors (Lipinski definition) is 2. The Bertz CT molecular complexity index is 615. The third kappa shape index (κ3) is 2.51. The summed E-state index contributed by atoms with van der Waals surface area (Å²) in [7, 11) is 0. The zero-order valence-corrected chi connectivity index (χ0v) is 12.4. The highest BCUT2D eigenvalue weighted by Crippen LogP contribution is 2.40. The van der Waals surface area contributed by atoms with Crippen molar-refractivity contribution < 1.29 is 10.2 Å². The minimum atomic E-state index is 0.157. The van der Waals surface area contributed by atoms with Crippen LogP contribution in [0.2, 0.25) is 0 Å². The van der Waals surface area contributed by atoms with Crippen molar-refractivity contribution in [2.75, 3.05) is 0 Å². The Kier molecular flexibility index (Phi) is 4.33. The summed E-state index contributed by atoms with van der Waals surface area (Å²) in [5.41, 5.74) is 5.10. The molecule has 0 radical (unpaired) electrons. The van der Waals surface area contributed by atoms with Gasteiger partial charge in [-0.3, -0.25) is 0 Å². The molecule has 0 saturated heterocycles. The van der Waals surface area contributed by atoms with E-state index in [1.807, 2.05) is 19.1 Å². The van der Waals surface area contributed by atoms with Gasteiger partial charge in [0.1, 0.15) is 11.5 Å². The van der Waals surface area contributed by atoms with Gasteiger partial charge in [0.15, 0.2) is 0 Å². The second-order valence-electron chi connectivity index (χ2n) is 5.01. The van der Waals surface area contributed by atoms with Crippen molar-refractivity contribution in [2.24, 2.45) is 0 Å². The molecule has 0 heterocycles. The molecule has 0 aliphatic heterocycles. The van der Waals surface area contributed by atoms with Crippen LogP contribution < -0.4 is 0 Å². The van der Waals surface area contributed by atoms with Crippen molar-refractivity contribution in [1.82, 2.24) is 0 Å². The average Bonchev–Trinajstić information content (AvgIpc) is 2.46. The maximum absolute atomic E-state index is 10.3. The van der Waals surface area contributed by atoms with Crippen molar-refractivity contribution in [3.05, 3.63) is 47.0 Å². The van der Waals surface area contributed by atoms with Crippen molar-refractivity contribution in [2.45, 2.75) is 40.0 Å². The Morgan fingerprint density at radius 2 is 1.50 bits per heavy atom. The molecular weight excluding hydrogens is 248 g/mol. The van der Waals surface area contributed by atoms with E-state index in [1.165, 1.54) is 11.6 Å². The van der Waals surface area contributed by atoms with E-state index >= 15 is 0 Å². The number of benzene rings is 2. The summed E-state index contributed by atoms with van der Waals surface area (Å²) >= 11 is 0. The SMILES string of the molecule is CCc1cccc(-c2c(O)cc(O)c(CC)c2CC)c1. The molecule has 0 saturated carbocycles. The van der Waals surface area contributed by atoms with Crippen LogP contribution >= 0.6 is 0 Å². The molecule has 2 heteroatoms. The van der Waals surface area contributed by atoms with E-state index in [0.717, 1.165) is 41.5 Å². The van der Waals surface area contributed by atoms with E-state index in [-0.39, 0.29) is 11.5 Å². The fourth-order valence-corrected chi connectivity index (χ4v) is 2.80. The van der Waals surface area contributed by atoms with Crippen LogP contribution in [0, 0.1) is 0 Å². The van der Waals surface area contributed by atoms with Crippen LogP contribution in [0.25, 0.3) is 11.1 Å². The van der Waals surface area contributed by atoms with E-state index in [4.69, 9.17) is 0 Å². The lowest BCUT2D eigenvalue weighted by atomic mass is 9.90. The summed E-state index contributed by atoms with van der Waals surface area (Å²) in [6.45, 7) is 6.20. The molecule has 2 N–H and O–H groups in total. The van der Waals surface area contributed by atoms with Crippen molar-refractivity contribution in [3.63, 3.8) is 0 Å². The lowest BCUT2D eigenvalue weighted by Crippen LogP contribution is -1.97. The minimum Gasteiger partial charge on any atom is -0.508 e. The van der Waals surface area contributed by atoms with E-state index in [0.29, 0.717) is 0 Å². The predicted octanol–water partition coefficient (Wildman–Crippen LogP) is 4.45. The fourth-order valence-electron chi connectivity index (χ4n) is 2.80. The molecule has 0 amide bonds. The van der Waals surface area contributed by atoms with Crippen LogP contribution in [0.1, 0.15) is 37.5 Å². The number of phenolic OH excluding ortho intramolecular Hbond substituents is 2. The van der Waals surface area contributed by atoms with Crippen molar-refractivity contribution in [3.8, 4) is 22.6 Å². The molecule has 2 aromatic rings. The number of aryl methyl sites for hydroxylation is 1. The maximum Gasteiger partial charge on any atom is 0.127 e. The smallest absolute Gasteiger partial charge is 0.127 e. The van der Waals surface area contributed by atoms with Gasteiger partial charge in [0.25, 0.3) is 0 Å². The second-order valence-corrected chi connectivity index (χ2v) is 5.01. The molecule has 0 bridgehead atoms. The van der Waals surface area contributed by atoms with Gasteiger partial charge in [-0.05, 0) is 41.5 Å². The third-order valence-electron chi connectivity index (χ3n) is 3.84. The van der Waals surface area contributed by atoms with Crippen LogP contribution in [0.3, 0.4) is 0 Å². The van der Waals surface area contributed by atoms with Gasteiger partial charge in [0.2, 0.25) is 0 Å². The maximum atomic E-state index is 10.3. The lowest BCUT2D eigenvalue weighted by Gasteiger charge is -2.17. The summed E-state index contributed by atoms with van der Waals surface area (Å²) in [6.07, 6.45) is 2.52. The quantitative estimate of drug-likeness (QED) is 0.861. The molecule has 0 unspecified atom stereocenters. The van der Waals surface area contributed by atoms with Crippen LogP contribution in [-0.2, 0) is 19.3 Å². The number of rotatable bonds is 4. The lowest BCUT2D eigenvalue weighted by molar-refractivity contribution is 0.446. The van der Waals surface area contributed by atoms with E-state index in [9.17, 15) is 10.2 Å². The van der Waals surface area contributed by atoms with Gasteiger partial charge in [0.05, 0.1) is 0 Å². The highest BCUT2D eigenvalue weighted by Gasteiger charge is 2.16. The van der Waals surface area contributed by atoms with E-state index in [2.05, 4.69) is 26.0 Å². The summed E-state index contributed by atoms with van der Waals surface area (Å²) < 4.78 is 0. The Balaban J connectivity index is 2.72. The number of hydrogen-bond donors (Lipinski definition) is 2. The summed E-state index contributed by atoms with van der Waals surface area (Å²) in [5.74, 6) is 0.349. The number of phenols is 2. The first-order valence-corrected chi connectivity index (χ1v) is 7.28. The largest absolute Gasteiger partial charge is 0.508 e. The average molecular weight is 270 g/mol. The van der Waals surface area contributed by atoms with Crippen LogP contribution in [0.15, 0.2) is 30.3 Å². The molecule has 20 heavy (non-hydrogen) atoms. The Morgan fingerprint density at radius 3 is 2.10 bits per heavy atom. The molecule has 0 atom stereocenters. The van der Waals surface area contributed by atoms with Crippen molar-refractivity contribution >= 4 is 0 Å². The molecule has 0 aliphatic carbocycles. The summed E-state index contributed by atoms with van der Waals surface area (Å²) in [5, 5.41) is 20.3. The van der Waals surface area contributed by atoms with Gasteiger partial charge in [-0.25, -0.2) is 0 Å². The molecule has 2 rings (SSSR count). The van der Waals surface area contributed by atoms with Gasteiger partial charge in [-0.15, -0.1) is 0 Å². The van der Waals surface area contributed by atoms with Gasteiger partial charge < -0.3 is 10.2 Å². The Labute approximate surface area is 120 Å². The van der Waals surface area contributed by atoms with Gasteiger partial charge >= 0.3 is 0 Å². The normalized spacial score (nSPS) is 10.8. The molecule has 0 aromatic heterocycles. The molecule has 0 aliphatic rings. The monoisotopic (exact) mass is 270 g/mol. The predicted molar refractivity (Wildman–Crippen MR) is 83.3 cm³/mol. The second kappa shape index (κ2) is 6.00. The first-order valence-electron chi connectivity index (χ1n) is 7.28. The molecule has 0 fully saturated rings. The Morgan fingerprint density at radius 1 is 0.800 bits per heavy atom. The number of aromatic hydroxyl groups is 2. The molecule has 106 valence electrons. The highest BCUT2D eigenvalue weighted by molar-refractivity contribution is 5.77. The molecular formula is C18H22O2. The molecule has 2 nitrogen and oxygen atoms in total. The standard InChI is InChI=1S/C18H22O2/c1-4-12-8-7-9-13(10-12)18-15(6-3)14(5-2)16(19)11-17(18)20/h7-11,19-20H,4-6H2,1-3H3. The van der Waals surface area contributed by atoms with Gasteiger partial charge in [-0.1, -0.05) is 45.0 Å². The Hall–Kier alpha value is -1.96. The van der Waals surface area contributed by atoms with Gasteiger partial charge in [-0.2, -0.15) is 0 Å².